The maximum Gasteiger partial charge on any atom is 0.235 e. The quantitative estimate of drug-likeness (QED) is 0.693. The number of carbonyl (C=O) groups excluding carboxylic acids is 1. The van der Waals surface area contributed by atoms with E-state index in [9.17, 15) is 4.79 Å². The Hall–Kier alpha value is -2.06. The van der Waals surface area contributed by atoms with Crippen LogP contribution < -0.4 is 5.32 Å². The van der Waals surface area contributed by atoms with Crippen LogP contribution in [0, 0.1) is 6.92 Å². The fraction of sp³-hybridized carbons (Fsp3) is 0.235. The highest BCUT2D eigenvalue weighted by Crippen LogP contribution is 2.43. The van der Waals surface area contributed by atoms with Gasteiger partial charge in [0.15, 0.2) is 5.82 Å². The normalized spacial score (nSPS) is 17.1. The summed E-state index contributed by atoms with van der Waals surface area (Å²) in [7, 11) is 1.93. The first-order valence-corrected chi connectivity index (χ1v) is 9.62. The minimum absolute atomic E-state index is 0.0240. The molecule has 0 radical (unpaired) electrons. The van der Waals surface area contributed by atoms with Gasteiger partial charge in [-0.3, -0.25) is 14.0 Å². The molecule has 6 nitrogen and oxygen atoms in total. The van der Waals surface area contributed by atoms with E-state index in [1.165, 1.54) is 0 Å². The molecular formula is C17H16BrN5OS. The van der Waals surface area contributed by atoms with Gasteiger partial charge < -0.3 is 5.32 Å². The molecule has 0 unspecified atom stereocenters. The summed E-state index contributed by atoms with van der Waals surface area (Å²) in [5.41, 5.74) is 4.14. The zero-order valence-electron chi connectivity index (χ0n) is 13.7. The van der Waals surface area contributed by atoms with Crippen LogP contribution in [0.5, 0.6) is 0 Å². The number of carbonyl (C=O) groups is 1. The monoisotopic (exact) mass is 417 g/mol. The number of benzene rings is 1. The zero-order chi connectivity index (χ0) is 17.6. The average molecular weight is 418 g/mol. The van der Waals surface area contributed by atoms with E-state index in [2.05, 4.69) is 31.3 Å². The van der Waals surface area contributed by atoms with Crippen molar-refractivity contribution in [2.75, 3.05) is 11.1 Å². The molecule has 2 aromatic heterocycles. The predicted molar refractivity (Wildman–Crippen MR) is 102 cm³/mol. The highest BCUT2D eigenvalue weighted by atomic mass is 79.9. The predicted octanol–water partition coefficient (Wildman–Crippen LogP) is 3.45. The van der Waals surface area contributed by atoms with Crippen LogP contribution >= 0.6 is 27.7 Å². The first-order valence-electron chi connectivity index (χ1n) is 7.77. The molecule has 128 valence electrons. The highest BCUT2D eigenvalue weighted by molar-refractivity contribution is 9.10. The smallest absolute Gasteiger partial charge is 0.235 e. The minimum atomic E-state index is -0.0326. The van der Waals surface area contributed by atoms with Crippen molar-refractivity contribution in [2.45, 2.75) is 12.2 Å². The van der Waals surface area contributed by atoms with Crippen molar-refractivity contribution in [3.05, 3.63) is 58.2 Å². The second-order valence-corrected chi connectivity index (χ2v) is 7.89. The largest absolute Gasteiger partial charge is 0.308 e. The third-order valence-electron chi connectivity index (χ3n) is 4.33. The molecule has 0 saturated heterocycles. The van der Waals surface area contributed by atoms with Gasteiger partial charge in [0, 0.05) is 28.5 Å². The number of halogens is 1. The van der Waals surface area contributed by atoms with Crippen molar-refractivity contribution in [3.63, 3.8) is 0 Å². The van der Waals surface area contributed by atoms with Crippen LogP contribution in [0.1, 0.15) is 22.2 Å². The number of amides is 1. The SMILES string of the molecule is Cc1c([C@@H]2SCC(=O)Nc3ncn(-c4cccc(Br)c4)c32)cnn1C. The van der Waals surface area contributed by atoms with Gasteiger partial charge >= 0.3 is 0 Å². The number of rotatable bonds is 2. The molecule has 3 aromatic rings. The summed E-state index contributed by atoms with van der Waals surface area (Å²) >= 11 is 5.12. The lowest BCUT2D eigenvalue weighted by Gasteiger charge is -2.17. The zero-order valence-corrected chi connectivity index (χ0v) is 16.1. The van der Waals surface area contributed by atoms with E-state index in [1.807, 2.05) is 53.7 Å². The Bertz CT molecular complexity index is 964. The second-order valence-electron chi connectivity index (χ2n) is 5.88. The van der Waals surface area contributed by atoms with Crippen molar-refractivity contribution >= 4 is 39.4 Å². The molecule has 1 amide bonds. The molecule has 0 aliphatic carbocycles. The molecule has 3 heterocycles. The molecule has 0 fully saturated rings. The number of hydrogen-bond donors (Lipinski definition) is 1. The third kappa shape index (κ3) is 2.89. The molecule has 0 spiro atoms. The number of nitrogens with one attached hydrogen (secondary N) is 1. The number of fused-ring (bicyclic) bond motifs is 1. The molecule has 0 bridgehead atoms. The molecule has 1 aliphatic rings. The molecule has 4 rings (SSSR count). The number of anilines is 1. The van der Waals surface area contributed by atoms with Gasteiger partial charge in [0.05, 0.1) is 22.9 Å². The number of thioether (sulfide) groups is 1. The van der Waals surface area contributed by atoms with Gasteiger partial charge in [0.1, 0.15) is 6.33 Å². The van der Waals surface area contributed by atoms with E-state index in [4.69, 9.17) is 0 Å². The van der Waals surface area contributed by atoms with Crippen molar-refractivity contribution in [1.29, 1.82) is 0 Å². The van der Waals surface area contributed by atoms with Crippen LogP contribution in [-0.2, 0) is 11.8 Å². The lowest BCUT2D eigenvalue weighted by atomic mass is 10.1. The van der Waals surface area contributed by atoms with Crippen molar-refractivity contribution in [1.82, 2.24) is 19.3 Å². The van der Waals surface area contributed by atoms with Gasteiger partial charge in [-0.25, -0.2) is 4.98 Å². The summed E-state index contributed by atoms with van der Waals surface area (Å²) in [6.07, 6.45) is 3.64. The van der Waals surface area contributed by atoms with Crippen molar-refractivity contribution < 1.29 is 4.79 Å². The van der Waals surface area contributed by atoms with Gasteiger partial charge in [-0.15, -0.1) is 11.8 Å². The van der Waals surface area contributed by atoms with Crippen molar-refractivity contribution in [2.24, 2.45) is 7.05 Å². The summed E-state index contributed by atoms with van der Waals surface area (Å²) < 4.78 is 4.89. The fourth-order valence-corrected chi connectivity index (χ4v) is 4.52. The first kappa shape index (κ1) is 16.4. The fourth-order valence-electron chi connectivity index (χ4n) is 2.95. The molecule has 0 saturated carbocycles. The maximum atomic E-state index is 12.1. The van der Waals surface area contributed by atoms with Crippen LogP contribution in [0.2, 0.25) is 0 Å². The molecule has 8 heteroatoms. The van der Waals surface area contributed by atoms with E-state index in [-0.39, 0.29) is 11.2 Å². The Morgan fingerprint density at radius 2 is 2.24 bits per heavy atom. The Morgan fingerprint density at radius 3 is 2.96 bits per heavy atom. The van der Waals surface area contributed by atoms with E-state index in [0.717, 1.165) is 27.1 Å². The Labute approximate surface area is 157 Å². The van der Waals surface area contributed by atoms with E-state index in [1.54, 1.807) is 18.1 Å². The Morgan fingerprint density at radius 1 is 1.40 bits per heavy atom. The summed E-state index contributed by atoms with van der Waals surface area (Å²) in [6, 6.07) is 8.03. The molecule has 1 atom stereocenters. The van der Waals surface area contributed by atoms with Gasteiger partial charge in [-0.05, 0) is 25.1 Å². The van der Waals surface area contributed by atoms with E-state index in [0.29, 0.717) is 11.6 Å². The van der Waals surface area contributed by atoms with E-state index < -0.39 is 0 Å². The maximum absolute atomic E-state index is 12.1. The van der Waals surface area contributed by atoms with Gasteiger partial charge in [0.2, 0.25) is 5.91 Å². The topological polar surface area (TPSA) is 64.7 Å². The van der Waals surface area contributed by atoms with Crippen LogP contribution in [-0.4, -0.2) is 31.0 Å². The second kappa shape index (κ2) is 6.34. The molecule has 1 N–H and O–H groups in total. The third-order valence-corrected chi connectivity index (χ3v) is 6.07. The number of imidazole rings is 1. The van der Waals surface area contributed by atoms with Gasteiger partial charge in [-0.1, -0.05) is 22.0 Å². The summed E-state index contributed by atoms with van der Waals surface area (Å²) in [6.45, 7) is 2.04. The number of aryl methyl sites for hydroxylation is 1. The van der Waals surface area contributed by atoms with Gasteiger partial charge in [-0.2, -0.15) is 5.10 Å². The summed E-state index contributed by atoms with van der Waals surface area (Å²) in [4.78, 5) is 16.6. The van der Waals surface area contributed by atoms with Gasteiger partial charge in [0.25, 0.3) is 0 Å². The number of aromatic nitrogens is 4. The Kier molecular flexibility index (Phi) is 4.16. The lowest BCUT2D eigenvalue weighted by Crippen LogP contribution is -2.12. The van der Waals surface area contributed by atoms with Crippen LogP contribution in [0.3, 0.4) is 0 Å². The minimum Gasteiger partial charge on any atom is -0.308 e. The standard InChI is InChI=1S/C17H16BrN5OS/c1-10-13(7-20-22(10)2)16-15-17(21-14(24)8-25-16)19-9-23(15)12-5-3-4-11(18)6-12/h3-7,9,16H,8H2,1-2H3,(H,21,24)/t16-/m0/s1. The average Bonchev–Trinajstić information content (AvgIpc) is 3.09. The number of hydrogen-bond acceptors (Lipinski definition) is 4. The first-order chi connectivity index (χ1) is 12.0. The van der Waals surface area contributed by atoms with E-state index >= 15 is 0 Å². The molecule has 1 aromatic carbocycles. The van der Waals surface area contributed by atoms with Crippen LogP contribution in [0.15, 0.2) is 41.3 Å². The summed E-state index contributed by atoms with van der Waals surface area (Å²) in [5.74, 6) is 0.964. The number of nitrogens with zero attached hydrogens (tertiary/aromatic N) is 4. The summed E-state index contributed by atoms with van der Waals surface area (Å²) in [5, 5.41) is 7.27. The van der Waals surface area contributed by atoms with Crippen LogP contribution in [0.4, 0.5) is 5.82 Å². The molecule has 25 heavy (non-hydrogen) atoms. The van der Waals surface area contributed by atoms with Crippen LogP contribution in [0.25, 0.3) is 5.69 Å². The highest BCUT2D eigenvalue weighted by Gasteiger charge is 2.31. The molecule has 1 aliphatic heterocycles. The Balaban J connectivity index is 1.91. The van der Waals surface area contributed by atoms with Crippen molar-refractivity contribution in [3.8, 4) is 5.69 Å². The molecular weight excluding hydrogens is 402 g/mol. The lowest BCUT2D eigenvalue weighted by molar-refractivity contribution is -0.113.